The molecule has 4 rings (SSSR count). The highest BCUT2D eigenvalue weighted by Crippen LogP contribution is 2.43. The Labute approximate surface area is 181 Å². The Kier molecular flexibility index (Phi) is 5.39. The van der Waals surface area contributed by atoms with E-state index in [2.05, 4.69) is 9.98 Å². The fraction of sp³-hybridized carbons (Fsp3) is 0.375. The number of allylic oxidation sites excluding steroid dienone is 1. The first kappa shape index (κ1) is 21.2. The van der Waals surface area contributed by atoms with Crippen LogP contribution >= 0.6 is 0 Å². The molecule has 0 unspecified atom stereocenters. The Balaban J connectivity index is 1.68. The predicted molar refractivity (Wildman–Crippen MR) is 117 cm³/mol. The number of halogens is 1. The molecule has 6 nitrogen and oxygen atoms in total. The van der Waals surface area contributed by atoms with Crippen molar-refractivity contribution in [2.45, 2.75) is 51.3 Å². The number of aromatic nitrogens is 1. The summed E-state index contributed by atoms with van der Waals surface area (Å²) in [5.41, 5.74) is 8.91. The first-order valence-electron chi connectivity index (χ1n) is 10.4. The normalized spacial score (nSPS) is 17.3. The summed E-state index contributed by atoms with van der Waals surface area (Å²) in [6, 6.07) is 6.88. The molecule has 0 spiro atoms. The van der Waals surface area contributed by atoms with E-state index in [4.69, 9.17) is 5.73 Å². The van der Waals surface area contributed by atoms with E-state index in [1.807, 2.05) is 6.07 Å². The zero-order valence-corrected chi connectivity index (χ0v) is 18.0. The van der Waals surface area contributed by atoms with Gasteiger partial charge in [0.1, 0.15) is 5.82 Å². The average Bonchev–Trinajstić information content (AvgIpc) is 3.52. The van der Waals surface area contributed by atoms with Gasteiger partial charge in [0.2, 0.25) is 0 Å². The third-order valence-corrected chi connectivity index (χ3v) is 5.88. The Morgan fingerprint density at radius 3 is 2.77 bits per heavy atom. The van der Waals surface area contributed by atoms with Crippen molar-refractivity contribution in [2.75, 3.05) is 7.05 Å². The number of nitrogens with zero attached hydrogens (tertiary/aromatic N) is 3. The number of nitrogens with two attached hydrogens (primary N) is 1. The van der Waals surface area contributed by atoms with Gasteiger partial charge in [-0.2, -0.15) is 0 Å². The molecule has 0 saturated heterocycles. The molecule has 31 heavy (non-hydrogen) atoms. The highest BCUT2D eigenvalue weighted by molar-refractivity contribution is 6.09. The van der Waals surface area contributed by atoms with Gasteiger partial charge in [-0.3, -0.25) is 14.8 Å². The molecule has 2 heterocycles. The molecule has 0 radical (unpaired) electrons. The zero-order chi connectivity index (χ0) is 22.3. The van der Waals surface area contributed by atoms with E-state index in [9.17, 15) is 9.90 Å². The largest absolute Gasteiger partial charge is 0.400 e. The van der Waals surface area contributed by atoms with E-state index >= 15 is 4.39 Å². The molecule has 162 valence electrons. The van der Waals surface area contributed by atoms with Crippen LogP contribution in [-0.4, -0.2) is 39.3 Å². The lowest BCUT2D eigenvalue weighted by Crippen LogP contribution is -2.28. The molecule has 2 aromatic rings. The fourth-order valence-electron chi connectivity index (χ4n) is 3.83. The second-order valence-corrected chi connectivity index (χ2v) is 8.73. The molecule has 1 aliphatic carbocycles. The number of benzene rings is 1. The average molecular weight is 423 g/mol. The second kappa shape index (κ2) is 7.89. The summed E-state index contributed by atoms with van der Waals surface area (Å²) >= 11 is 0. The molecule has 2 aliphatic rings. The maximum atomic E-state index is 15.4. The molecule has 1 aromatic heterocycles. The van der Waals surface area contributed by atoms with Gasteiger partial charge in [0.05, 0.1) is 29.1 Å². The van der Waals surface area contributed by atoms with Gasteiger partial charge in [0, 0.05) is 36.6 Å². The molecular weight excluding hydrogens is 395 g/mol. The van der Waals surface area contributed by atoms with Crippen LogP contribution < -0.4 is 5.73 Å². The number of fused-ring (bicyclic) bond motifs is 1. The van der Waals surface area contributed by atoms with Crippen LogP contribution in [0, 0.1) is 5.82 Å². The quantitative estimate of drug-likeness (QED) is 0.699. The van der Waals surface area contributed by atoms with Gasteiger partial charge in [-0.25, -0.2) is 4.39 Å². The third kappa shape index (κ3) is 4.23. The van der Waals surface area contributed by atoms with Gasteiger partial charge in [-0.05, 0) is 68.5 Å². The molecule has 1 aromatic carbocycles. The summed E-state index contributed by atoms with van der Waals surface area (Å²) in [4.78, 5) is 22.9. The Morgan fingerprint density at radius 2 is 2.16 bits per heavy atom. The van der Waals surface area contributed by atoms with E-state index < -0.39 is 5.60 Å². The van der Waals surface area contributed by atoms with E-state index in [-0.39, 0.29) is 29.9 Å². The minimum Gasteiger partial charge on any atom is -0.400 e. The van der Waals surface area contributed by atoms with Crippen molar-refractivity contribution in [1.82, 2.24) is 9.88 Å². The highest BCUT2D eigenvalue weighted by Gasteiger charge is 2.33. The second-order valence-electron chi connectivity index (χ2n) is 8.73. The maximum absolute atomic E-state index is 15.4. The van der Waals surface area contributed by atoms with Crippen LogP contribution in [0.1, 0.15) is 65.3 Å². The number of carbonyl (C=O) groups is 1. The zero-order valence-electron chi connectivity index (χ0n) is 18.0. The van der Waals surface area contributed by atoms with Crippen LogP contribution in [0.3, 0.4) is 0 Å². The number of hydrogen-bond donors (Lipinski definition) is 2. The van der Waals surface area contributed by atoms with Crippen LogP contribution in [0.25, 0.3) is 0 Å². The lowest BCUT2D eigenvalue weighted by molar-refractivity contribution is 0.0764. The minimum absolute atomic E-state index is 0.120. The fourth-order valence-corrected chi connectivity index (χ4v) is 3.83. The standard InChI is InChI=1S/C24H27FN4O2/c1-24(2,31)22(26)11-20(27-3)15-9-17(14-6-7-14)18(19(25)10-15)12-29-13-21-16(23(29)30)5-4-8-28-21/h4-5,8-11,14,31H,6-7,12-13,26H2,1-3H3/b22-11-,27-20?. The lowest BCUT2D eigenvalue weighted by atomic mass is 9.95. The maximum Gasteiger partial charge on any atom is 0.256 e. The molecule has 3 N–H and O–H groups in total. The van der Waals surface area contributed by atoms with E-state index in [1.54, 1.807) is 50.2 Å². The number of hydrogen-bond acceptors (Lipinski definition) is 5. The number of carbonyl (C=O) groups excluding carboxylic acids is 1. The smallest absolute Gasteiger partial charge is 0.256 e. The van der Waals surface area contributed by atoms with Crippen LogP contribution in [0.2, 0.25) is 0 Å². The molecule has 1 amide bonds. The van der Waals surface area contributed by atoms with Crippen LogP contribution in [0.5, 0.6) is 0 Å². The number of aliphatic imine (C=N–C) groups is 1. The van der Waals surface area contributed by atoms with Crippen molar-refractivity contribution in [3.8, 4) is 0 Å². The van der Waals surface area contributed by atoms with Crippen molar-refractivity contribution >= 4 is 11.6 Å². The summed E-state index contributed by atoms with van der Waals surface area (Å²) in [6.07, 6.45) is 5.23. The lowest BCUT2D eigenvalue weighted by Gasteiger charge is -2.20. The molecule has 1 aliphatic heterocycles. The number of aliphatic hydroxyl groups is 1. The summed E-state index contributed by atoms with van der Waals surface area (Å²) in [5.74, 6) is -0.214. The molecule has 7 heteroatoms. The minimum atomic E-state index is -1.20. The number of rotatable bonds is 6. The Morgan fingerprint density at radius 1 is 1.42 bits per heavy atom. The summed E-state index contributed by atoms with van der Waals surface area (Å²) in [7, 11) is 1.61. The van der Waals surface area contributed by atoms with Gasteiger partial charge in [0.25, 0.3) is 5.91 Å². The Hall–Kier alpha value is -3.06. The monoisotopic (exact) mass is 422 g/mol. The molecule has 0 atom stereocenters. The number of pyridine rings is 1. The van der Waals surface area contributed by atoms with Crippen molar-refractivity contribution in [2.24, 2.45) is 10.7 Å². The van der Waals surface area contributed by atoms with Crippen molar-refractivity contribution in [3.05, 3.63) is 76.0 Å². The summed E-state index contributed by atoms with van der Waals surface area (Å²) in [6.45, 7) is 3.76. The van der Waals surface area contributed by atoms with Gasteiger partial charge >= 0.3 is 0 Å². The first-order chi connectivity index (χ1) is 14.7. The summed E-state index contributed by atoms with van der Waals surface area (Å²) < 4.78 is 15.4. The SMILES string of the molecule is CN=C(/C=C(\N)C(C)(C)O)c1cc(F)c(CN2Cc3ncccc3C2=O)c(C2CC2)c1. The van der Waals surface area contributed by atoms with Crippen LogP contribution in [-0.2, 0) is 13.1 Å². The van der Waals surface area contributed by atoms with Gasteiger partial charge in [-0.15, -0.1) is 0 Å². The van der Waals surface area contributed by atoms with Crippen molar-refractivity contribution in [3.63, 3.8) is 0 Å². The van der Waals surface area contributed by atoms with E-state index in [0.717, 1.165) is 24.1 Å². The highest BCUT2D eigenvalue weighted by atomic mass is 19.1. The van der Waals surface area contributed by atoms with Gasteiger partial charge < -0.3 is 15.7 Å². The van der Waals surface area contributed by atoms with E-state index in [1.165, 1.54) is 6.07 Å². The summed E-state index contributed by atoms with van der Waals surface area (Å²) in [5, 5.41) is 10.1. The predicted octanol–water partition coefficient (Wildman–Crippen LogP) is 3.29. The van der Waals surface area contributed by atoms with Gasteiger partial charge in [-0.1, -0.05) is 0 Å². The Bertz CT molecular complexity index is 1100. The van der Waals surface area contributed by atoms with Crippen LogP contribution in [0.4, 0.5) is 4.39 Å². The van der Waals surface area contributed by atoms with Gasteiger partial charge in [0.15, 0.2) is 0 Å². The van der Waals surface area contributed by atoms with Crippen LogP contribution in [0.15, 0.2) is 47.2 Å². The van der Waals surface area contributed by atoms with Crippen molar-refractivity contribution in [1.29, 1.82) is 0 Å². The third-order valence-electron chi connectivity index (χ3n) is 5.88. The van der Waals surface area contributed by atoms with Crippen molar-refractivity contribution < 1.29 is 14.3 Å². The first-order valence-corrected chi connectivity index (χ1v) is 10.4. The topological polar surface area (TPSA) is 91.8 Å². The molecule has 0 bridgehead atoms. The number of amides is 1. The molecule has 1 saturated carbocycles. The van der Waals surface area contributed by atoms with E-state index in [0.29, 0.717) is 28.9 Å². The molecular formula is C24H27FN4O2. The molecule has 1 fully saturated rings.